The standard InChI is InChI=1S/C13H18N2O5/c1-13(2,14(3)4)8-20-9-5-6-11(15(18)19)10(7-9)12(16)17/h5-7H,8H2,1-4H3,(H,16,17). The van der Waals surface area contributed by atoms with Gasteiger partial charge in [-0.15, -0.1) is 0 Å². The number of rotatable bonds is 6. The Bertz CT molecular complexity index is 525. The fraction of sp³-hybridized carbons (Fsp3) is 0.462. The van der Waals surface area contributed by atoms with Crippen LogP contribution in [-0.2, 0) is 0 Å². The summed E-state index contributed by atoms with van der Waals surface area (Å²) in [5.41, 5.74) is -1.07. The zero-order valence-electron chi connectivity index (χ0n) is 11.9. The number of nitro groups is 1. The number of aromatic carboxylic acids is 1. The summed E-state index contributed by atoms with van der Waals surface area (Å²) in [4.78, 5) is 23.0. The van der Waals surface area contributed by atoms with Gasteiger partial charge in [0.05, 0.1) is 4.92 Å². The fourth-order valence-electron chi connectivity index (χ4n) is 1.32. The van der Waals surface area contributed by atoms with Gasteiger partial charge in [-0.3, -0.25) is 10.1 Å². The quantitative estimate of drug-likeness (QED) is 0.633. The van der Waals surface area contributed by atoms with E-state index < -0.39 is 16.6 Å². The molecule has 0 amide bonds. The number of nitro benzene ring substituents is 1. The zero-order chi connectivity index (χ0) is 15.5. The number of ether oxygens (including phenoxy) is 1. The van der Waals surface area contributed by atoms with Crippen LogP contribution in [0.1, 0.15) is 24.2 Å². The maximum absolute atomic E-state index is 11.0. The molecule has 0 atom stereocenters. The van der Waals surface area contributed by atoms with Crippen molar-refractivity contribution in [2.75, 3.05) is 20.7 Å². The molecule has 0 aliphatic rings. The minimum atomic E-state index is -1.35. The van der Waals surface area contributed by atoms with Crippen LogP contribution in [0.15, 0.2) is 18.2 Å². The molecule has 0 heterocycles. The van der Waals surface area contributed by atoms with Crippen LogP contribution in [0.4, 0.5) is 5.69 Å². The predicted octanol–water partition coefficient (Wildman–Crippen LogP) is 2.01. The second-order valence-electron chi connectivity index (χ2n) is 5.24. The van der Waals surface area contributed by atoms with Gasteiger partial charge in [-0.25, -0.2) is 4.79 Å². The van der Waals surface area contributed by atoms with Gasteiger partial charge >= 0.3 is 5.97 Å². The van der Waals surface area contributed by atoms with Crippen molar-refractivity contribution in [3.8, 4) is 5.75 Å². The lowest BCUT2D eigenvalue weighted by Gasteiger charge is -2.32. The maximum Gasteiger partial charge on any atom is 0.342 e. The summed E-state index contributed by atoms with van der Waals surface area (Å²) >= 11 is 0. The summed E-state index contributed by atoms with van der Waals surface area (Å²) in [5, 5.41) is 19.7. The molecule has 0 fully saturated rings. The number of nitrogens with zero attached hydrogens (tertiary/aromatic N) is 2. The van der Waals surface area contributed by atoms with E-state index in [1.807, 2.05) is 32.8 Å². The number of hydrogen-bond acceptors (Lipinski definition) is 5. The third kappa shape index (κ3) is 3.67. The molecule has 0 saturated heterocycles. The van der Waals surface area contributed by atoms with E-state index in [1.54, 1.807) is 0 Å². The average Bonchev–Trinajstić information content (AvgIpc) is 2.35. The molecule has 0 unspecified atom stereocenters. The Morgan fingerprint density at radius 3 is 2.50 bits per heavy atom. The summed E-state index contributed by atoms with van der Waals surface area (Å²) in [5.74, 6) is -1.06. The van der Waals surface area contributed by atoms with Gasteiger partial charge in [0.15, 0.2) is 0 Å². The summed E-state index contributed by atoms with van der Waals surface area (Å²) in [7, 11) is 3.81. The molecule has 7 heteroatoms. The monoisotopic (exact) mass is 282 g/mol. The first-order valence-corrected chi connectivity index (χ1v) is 5.97. The van der Waals surface area contributed by atoms with Gasteiger partial charge in [-0.05, 0) is 34.0 Å². The fourth-order valence-corrected chi connectivity index (χ4v) is 1.32. The molecule has 0 spiro atoms. The molecule has 1 aromatic carbocycles. The lowest BCUT2D eigenvalue weighted by Crippen LogP contribution is -2.43. The average molecular weight is 282 g/mol. The number of carboxylic acid groups (broad SMARTS) is 1. The first-order chi connectivity index (χ1) is 9.15. The molecule has 7 nitrogen and oxygen atoms in total. The predicted molar refractivity (Wildman–Crippen MR) is 73.3 cm³/mol. The highest BCUT2D eigenvalue weighted by Gasteiger charge is 2.23. The molecule has 0 aliphatic heterocycles. The highest BCUT2D eigenvalue weighted by atomic mass is 16.6. The largest absolute Gasteiger partial charge is 0.492 e. The van der Waals surface area contributed by atoms with E-state index in [0.29, 0.717) is 12.4 Å². The maximum atomic E-state index is 11.0. The van der Waals surface area contributed by atoms with E-state index in [2.05, 4.69) is 0 Å². The van der Waals surface area contributed by atoms with Crippen molar-refractivity contribution in [2.24, 2.45) is 0 Å². The van der Waals surface area contributed by atoms with Gasteiger partial charge in [0.25, 0.3) is 5.69 Å². The Balaban J connectivity index is 2.96. The van der Waals surface area contributed by atoms with E-state index in [9.17, 15) is 14.9 Å². The van der Waals surface area contributed by atoms with E-state index in [4.69, 9.17) is 9.84 Å². The van der Waals surface area contributed by atoms with Crippen molar-refractivity contribution in [3.05, 3.63) is 33.9 Å². The number of benzene rings is 1. The van der Waals surface area contributed by atoms with Gasteiger partial charge in [0.1, 0.15) is 17.9 Å². The highest BCUT2D eigenvalue weighted by molar-refractivity contribution is 5.92. The Hall–Kier alpha value is -2.15. The highest BCUT2D eigenvalue weighted by Crippen LogP contribution is 2.25. The first-order valence-electron chi connectivity index (χ1n) is 5.97. The Labute approximate surface area is 116 Å². The van der Waals surface area contributed by atoms with Crippen molar-refractivity contribution in [1.29, 1.82) is 0 Å². The van der Waals surface area contributed by atoms with Gasteiger partial charge < -0.3 is 14.7 Å². The SMILES string of the molecule is CN(C)C(C)(C)COc1ccc([N+](=O)[O-])c(C(=O)O)c1. The topological polar surface area (TPSA) is 92.9 Å². The minimum Gasteiger partial charge on any atom is -0.492 e. The number of hydrogen-bond donors (Lipinski definition) is 1. The molecule has 20 heavy (non-hydrogen) atoms. The number of carbonyl (C=O) groups is 1. The zero-order valence-corrected chi connectivity index (χ0v) is 11.9. The van der Waals surface area contributed by atoms with Gasteiger partial charge in [-0.1, -0.05) is 0 Å². The minimum absolute atomic E-state index is 0.245. The van der Waals surface area contributed by atoms with Crippen LogP contribution < -0.4 is 4.74 Å². The van der Waals surface area contributed by atoms with Crippen LogP contribution in [0.2, 0.25) is 0 Å². The Morgan fingerprint density at radius 1 is 1.45 bits per heavy atom. The second kappa shape index (κ2) is 5.87. The molecule has 1 rings (SSSR count). The third-order valence-electron chi connectivity index (χ3n) is 3.20. The van der Waals surface area contributed by atoms with Crippen molar-refractivity contribution in [1.82, 2.24) is 4.90 Å². The van der Waals surface area contributed by atoms with Crippen LogP contribution in [-0.4, -0.2) is 47.1 Å². The van der Waals surface area contributed by atoms with Crippen LogP contribution in [0.5, 0.6) is 5.75 Å². The number of carboxylic acids is 1. The van der Waals surface area contributed by atoms with E-state index in [1.165, 1.54) is 12.1 Å². The molecule has 0 radical (unpaired) electrons. The van der Waals surface area contributed by atoms with Crippen molar-refractivity contribution >= 4 is 11.7 Å². The van der Waals surface area contributed by atoms with Crippen molar-refractivity contribution in [3.63, 3.8) is 0 Å². The summed E-state index contributed by atoms with van der Waals surface area (Å²) in [6.45, 7) is 4.27. The van der Waals surface area contributed by atoms with Crippen LogP contribution in [0.3, 0.4) is 0 Å². The molecule has 1 N–H and O–H groups in total. The Morgan fingerprint density at radius 2 is 2.05 bits per heavy atom. The number of likely N-dealkylation sites (N-methyl/N-ethyl adjacent to an activating group) is 1. The molecule has 0 bridgehead atoms. The van der Waals surface area contributed by atoms with E-state index in [0.717, 1.165) is 6.07 Å². The lowest BCUT2D eigenvalue weighted by molar-refractivity contribution is -0.385. The van der Waals surface area contributed by atoms with Crippen LogP contribution in [0.25, 0.3) is 0 Å². The molecule has 0 saturated carbocycles. The smallest absolute Gasteiger partial charge is 0.342 e. The van der Waals surface area contributed by atoms with Crippen molar-refractivity contribution in [2.45, 2.75) is 19.4 Å². The van der Waals surface area contributed by atoms with Gasteiger partial charge in [0.2, 0.25) is 0 Å². The molecular formula is C13H18N2O5. The Kier molecular flexibility index (Phi) is 4.67. The molecule has 110 valence electrons. The van der Waals surface area contributed by atoms with Crippen molar-refractivity contribution < 1.29 is 19.6 Å². The van der Waals surface area contributed by atoms with E-state index >= 15 is 0 Å². The first kappa shape index (κ1) is 15.9. The summed E-state index contributed by atoms with van der Waals surface area (Å²) < 4.78 is 5.53. The van der Waals surface area contributed by atoms with Crippen LogP contribution >= 0.6 is 0 Å². The molecule has 0 aromatic heterocycles. The van der Waals surface area contributed by atoms with Gasteiger partial charge in [-0.2, -0.15) is 0 Å². The van der Waals surface area contributed by atoms with Gasteiger partial charge in [0, 0.05) is 17.7 Å². The lowest BCUT2D eigenvalue weighted by atomic mass is 10.1. The second-order valence-corrected chi connectivity index (χ2v) is 5.24. The summed E-state index contributed by atoms with van der Waals surface area (Å²) in [6, 6.07) is 3.71. The summed E-state index contributed by atoms with van der Waals surface area (Å²) in [6.07, 6.45) is 0. The van der Waals surface area contributed by atoms with E-state index in [-0.39, 0.29) is 11.1 Å². The normalized spacial score (nSPS) is 11.4. The molecular weight excluding hydrogens is 264 g/mol. The molecule has 0 aliphatic carbocycles. The third-order valence-corrected chi connectivity index (χ3v) is 3.20. The van der Waals surface area contributed by atoms with Crippen LogP contribution in [0, 0.1) is 10.1 Å². The molecule has 1 aromatic rings.